The first kappa shape index (κ1) is 10.5. The molecule has 1 fully saturated rings. The molecule has 13 heavy (non-hydrogen) atoms. The molecular weight excluding hydrogens is 160 g/mol. The zero-order chi connectivity index (χ0) is 10.1. The second-order valence-corrected chi connectivity index (χ2v) is 4.77. The van der Waals surface area contributed by atoms with Gasteiger partial charge in [0.1, 0.15) is 0 Å². The highest BCUT2D eigenvalue weighted by Gasteiger charge is 2.40. The van der Waals surface area contributed by atoms with Gasteiger partial charge in [0.25, 0.3) is 0 Å². The Morgan fingerprint density at radius 3 is 2.54 bits per heavy atom. The third kappa shape index (κ3) is 2.01. The second kappa shape index (κ2) is 3.65. The molecule has 0 aromatic heterocycles. The van der Waals surface area contributed by atoms with Crippen LogP contribution in [0.25, 0.3) is 0 Å². The van der Waals surface area contributed by atoms with E-state index in [2.05, 4.69) is 33.8 Å². The predicted octanol–water partition coefficient (Wildman–Crippen LogP) is 3.35. The summed E-state index contributed by atoms with van der Waals surface area (Å²) in [5.41, 5.74) is 0.964. The highest BCUT2D eigenvalue weighted by atomic mass is 16.1. The molecule has 74 valence electrons. The molecule has 1 heteroatoms. The highest BCUT2D eigenvalue weighted by Crippen LogP contribution is 2.41. The van der Waals surface area contributed by atoms with Crippen LogP contribution in [-0.4, -0.2) is 5.78 Å². The Labute approximate surface area is 81.2 Å². The lowest BCUT2D eigenvalue weighted by Gasteiger charge is -2.12. The van der Waals surface area contributed by atoms with Crippen molar-refractivity contribution < 1.29 is 4.79 Å². The van der Waals surface area contributed by atoms with Crippen molar-refractivity contribution in [3.63, 3.8) is 0 Å². The summed E-state index contributed by atoms with van der Waals surface area (Å²) < 4.78 is 0. The number of rotatable bonds is 2. The summed E-state index contributed by atoms with van der Waals surface area (Å²) >= 11 is 0. The normalized spacial score (nSPS) is 30.0. The van der Waals surface area contributed by atoms with Gasteiger partial charge in [-0.1, -0.05) is 40.2 Å². The molecule has 0 heterocycles. The van der Waals surface area contributed by atoms with Crippen LogP contribution in [0.1, 0.15) is 47.0 Å². The lowest BCUT2D eigenvalue weighted by Crippen LogP contribution is -2.17. The van der Waals surface area contributed by atoms with Crippen molar-refractivity contribution in [2.24, 2.45) is 11.3 Å². The van der Waals surface area contributed by atoms with E-state index < -0.39 is 0 Å². The first-order chi connectivity index (χ1) is 5.99. The van der Waals surface area contributed by atoms with E-state index in [-0.39, 0.29) is 5.41 Å². The summed E-state index contributed by atoms with van der Waals surface area (Å²) in [6, 6.07) is 0. The van der Waals surface area contributed by atoms with Gasteiger partial charge in [0.2, 0.25) is 0 Å². The molecule has 1 unspecified atom stereocenters. The number of hydrogen-bond acceptors (Lipinski definition) is 1. The highest BCUT2D eigenvalue weighted by molar-refractivity contribution is 6.02. The summed E-state index contributed by atoms with van der Waals surface area (Å²) in [7, 11) is 0. The Morgan fingerprint density at radius 2 is 2.15 bits per heavy atom. The van der Waals surface area contributed by atoms with Gasteiger partial charge in [0.05, 0.1) is 0 Å². The van der Waals surface area contributed by atoms with Crippen molar-refractivity contribution >= 4 is 5.78 Å². The van der Waals surface area contributed by atoms with Crippen molar-refractivity contribution in [2.75, 3.05) is 0 Å². The Kier molecular flexibility index (Phi) is 2.94. The summed E-state index contributed by atoms with van der Waals surface area (Å²) in [6.07, 6.45) is 5.33. The number of Topliss-reactive ketones (excluding diaryl/α,β-unsaturated/α-hetero) is 1. The van der Waals surface area contributed by atoms with Crippen molar-refractivity contribution in [2.45, 2.75) is 47.0 Å². The van der Waals surface area contributed by atoms with Crippen molar-refractivity contribution in [3.8, 4) is 0 Å². The fraction of sp³-hybridized carbons (Fsp3) is 0.750. The molecule has 0 saturated heterocycles. The molecule has 0 spiro atoms. The van der Waals surface area contributed by atoms with Crippen LogP contribution in [0.4, 0.5) is 0 Å². The van der Waals surface area contributed by atoms with Gasteiger partial charge in [-0.2, -0.15) is 0 Å². The summed E-state index contributed by atoms with van der Waals surface area (Å²) in [6.45, 7) is 8.41. The predicted molar refractivity (Wildman–Crippen MR) is 55.6 cm³/mol. The SMILES string of the molecule is CCC/C=C1\C(=O)C(C)(C)CC1C. The molecular formula is C12H20O. The van der Waals surface area contributed by atoms with Crippen LogP contribution in [-0.2, 0) is 4.79 Å². The zero-order valence-electron chi connectivity index (χ0n) is 9.18. The molecule has 0 bridgehead atoms. The van der Waals surface area contributed by atoms with Gasteiger partial charge in [-0.3, -0.25) is 4.79 Å². The lowest BCUT2D eigenvalue weighted by atomic mass is 9.90. The fourth-order valence-corrected chi connectivity index (χ4v) is 2.18. The molecule has 1 rings (SSSR count). The third-order valence-electron chi connectivity index (χ3n) is 2.88. The Hall–Kier alpha value is -0.590. The molecule has 1 saturated carbocycles. The molecule has 0 aromatic rings. The van der Waals surface area contributed by atoms with Gasteiger partial charge in [-0.05, 0) is 24.3 Å². The van der Waals surface area contributed by atoms with Gasteiger partial charge < -0.3 is 0 Å². The van der Waals surface area contributed by atoms with E-state index in [1.165, 1.54) is 0 Å². The maximum Gasteiger partial charge on any atom is 0.164 e. The molecule has 0 radical (unpaired) electrons. The summed E-state index contributed by atoms with van der Waals surface area (Å²) in [5, 5.41) is 0. The first-order valence-corrected chi connectivity index (χ1v) is 5.24. The van der Waals surface area contributed by atoms with Crippen LogP contribution < -0.4 is 0 Å². The maximum atomic E-state index is 11.9. The molecule has 0 aliphatic heterocycles. The molecule has 1 aliphatic carbocycles. The number of unbranched alkanes of at least 4 members (excludes halogenated alkanes) is 1. The first-order valence-electron chi connectivity index (χ1n) is 5.24. The topological polar surface area (TPSA) is 17.1 Å². The summed E-state index contributed by atoms with van der Waals surface area (Å²) in [5.74, 6) is 0.836. The smallest absolute Gasteiger partial charge is 0.164 e. The minimum absolute atomic E-state index is 0.112. The Morgan fingerprint density at radius 1 is 1.54 bits per heavy atom. The Bertz CT molecular complexity index is 236. The monoisotopic (exact) mass is 180 g/mol. The number of carbonyl (C=O) groups excluding carboxylic acids is 1. The van der Waals surface area contributed by atoms with Gasteiger partial charge in [0.15, 0.2) is 5.78 Å². The molecule has 1 aliphatic rings. The average Bonchev–Trinajstić information content (AvgIpc) is 2.21. The van der Waals surface area contributed by atoms with Crippen molar-refractivity contribution in [3.05, 3.63) is 11.6 Å². The lowest BCUT2D eigenvalue weighted by molar-refractivity contribution is -0.121. The largest absolute Gasteiger partial charge is 0.294 e. The standard InChI is InChI=1S/C12H20O/c1-5-6-7-10-9(2)8-12(3,4)11(10)13/h7,9H,5-6,8H2,1-4H3/b10-7-. The number of allylic oxidation sites excluding steroid dienone is 2. The quantitative estimate of drug-likeness (QED) is 0.596. The number of hydrogen-bond donors (Lipinski definition) is 0. The van der Waals surface area contributed by atoms with E-state index in [4.69, 9.17) is 0 Å². The molecule has 0 aromatic carbocycles. The number of ketones is 1. The maximum absolute atomic E-state index is 11.9. The van der Waals surface area contributed by atoms with Gasteiger partial charge >= 0.3 is 0 Å². The van der Waals surface area contributed by atoms with E-state index in [9.17, 15) is 4.79 Å². The number of carbonyl (C=O) groups is 1. The van der Waals surface area contributed by atoms with Gasteiger partial charge in [-0.15, -0.1) is 0 Å². The van der Waals surface area contributed by atoms with Crippen LogP contribution in [0.5, 0.6) is 0 Å². The minimum atomic E-state index is -0.112. The average molecular weight is 180 g/mol. The summed E-state index contributed by atoms with van der Waals surface area (Å²) in [4.78, 5) is 11.9. The molecule has 1 atom stereocenters. The van der Waals surface area contributed by atoms with Gasteiger partial charge in [0, 0.05) is 5.41 Å². The van der Waals surface area contributed by atoms with Crippen LogP contribution in [0.3, 0.4) is 0 Å². The van der Waals surface area contributed by atoms with E-state index in [1.54, 1.807) is 0 Å². The van der Waals surface area contributed by atoms with Crippen LogP contribution >= 0.6 is 0 Å². The third-order valence-corrected chi connectivity index (χ3v) is 2.88. The van der Waals surface area contributed by atoms with Crippen LogP contribution in [0.2, 0.25) is 0 Å². The molecule has 1 nitrogen and oxygen atoms in total. The fourth-order valence-electron chi connectivity index (χ4n) is 2.18. The van der Waals surface area contributed by atoms with E-state index in [0.717, 1.165) is 24.8 Å². The molecule has 0 N–H and O–H groups in total. The van der Waals surface area contributed by atoms with E-state index in [1.807, 2.05) is 0 Å². The van der Waals surface area contributed by atoms with Crippen molar-refractivity contribution in [1.29, 1.82) is 0 Å². The van der Waals surface area contributed by atoms with Crippen LogP contribution in [0, 0.1) is 11.3 Å². The zero-order valence-corrected chi connectivity index (χ0v) is 9.18. The van der Waals surface area contributed by atoms with Crippen LogP contribution in [0.15, 0.2) is 11.6 Å². The van der Waals surface area contributed by atoms with E-state index in [0.29, 0.717) is 11.7 Å². The van der Waals surface area contributed by atoms with Crippen molar-refractivity contribution in [1.82, 2.24) is 0 Å². The van der Waals surface area contributed by atoms with Gasteiger partial charge in [-0.25, -0.2) is 0 Å². The van der Waals surface area contributed by atoms with E-state index >= 15 is 0 Å². The Balaban J connectivity index is 2.82. The minimum Gasteiger partial charge on any atom is -0.294 e. The molecule has 0 amide bonds. The second-order valence-electron chi connectivity index (χ2n) is 4.77.